The highest BCUT2D eigenvalue weighted by Gasteiger charge is 2.21. The lowest BCUT2D eigenvalue weighted by molar-refractivity contribution is -0.146. The second kappa shape index (κ2) is 8.79. The normalized spacial score (nSPS) is 9.67. The van der Waals surface area contributed by atoms with Crippen LogP contribution in [0.5, 0.6) is 5.75 Å². The summed E-state index contributed by atoms with van der Waals surface area (Å²) in [7, 11) is 0. The van der Waals surface area contributed by atoms with E-state index in [1.165, 1.54) is 6.08 Å². The average molecular weight is 292 g/mol. The monoisotopic (exact) mass is 292 g/mol. The van der Waals surface area contributed by atoms with E-state index in [-0.39, 0.29) is 18.8 Å². The zero-order chi connectivity index (χ0) is 15.7. The maximum Gasteiger partial charge on any atom is 0.345 e. The fourth-order valence-corrected chi connectivity index (χ4v) is 1.66. The lowest BCUT2D eigenvalue weighted by Gasteiger charge is -2.09. The van der Waals surface area contributed by atoms with Crippen LogP contribution in [0.2, 0.25) is 0 Å². The molecule has 0 bridgehead atoms. The maximum absolute atomic E-state index is 11.9. The summed E-state index contributed by atoms with van der Waals surface area (Å²) in [4.78, 5) is 23.8. The van der Waals surface area contributed by atoms with Gasteiger partial charge in [-0.2, -0.15) is 0 Å². The minimum Gasteiger partial charge on any atom is -0.493 e. The Kier molecular flexibility index (Phi) is 7.01. The van der Waals surface area contributed by atoms with Crippen LogP contribution in [0.3, 0.4) is 0 Å². The van der Waals surface area contributed by atoms with E-state index < -0.39 is 11.9 Å². The fraction of sp³-hybridized carbons (Fsp3) is 0.375. The van der Waals surface area contributed by atoms with E-state index in [1.807, 2.05) is 13.0 Å². The molecule has 114 valence electrons. The van der Waals surface area contributed by atoms with Gasteiger partial charge in [-0.3, -0.25) is 0 Å². The predicted octanol–water partition coefficient (Wildman–Crippen LogP) is 2.59. The molecule has 0 atom stereocenters. The molecule has 0 N–H and O–H groups in total. The van der Waals surface area contributed by atoms with Gasteiger partial charge in [0.1, 0.15) is 11.3 Å². The third kappa shape index (κ3) is 4.95. The first kappa shape index (κ1) is 16.8. The lowest BCUT2D eigenvalue weighted by atomic mass is 10.1. The summed E-state index contributed by atoms with van der Waals surface area (Å²) in [6, 6.07) is 7.13. The first-order valence-corrected chi connectivity index (χ1v) is 6.91. The van der Waals surface area contributed by atoms with Crippen LogP contribution >= 0.6 is 0 Å². The van der Waals surface area contributed by atoms with E-state index in [2.05, 4.69) is 0 Å². The summed E-state index contributed by atoms with van der Waals surface area (Å²) in [6.07, 6.45) is 1.43. The molecule has 0 unspecified atom stereocenters. The van der Waals surface area contributed by atoms with Gasteiger partial charge in [0.05, 0.1) is 19.8 Å². The van der Waals surface area contributed by atoms with E-state index in [0.29, 0.717) is 17.9 Å². The first-order chi connectivity index (χ1) is 10.1. The maximum atomic E-state index is 11.9. The quantitative estimate of drug-likeness (QED) is 0.334. The number of carbonyl (C=O) groups is 2. The van der Waals surface area contributed by atoms with Gasteiger partial charge in [-0.15, -0.1) is 0 Å². The summed E-state index contributed by atoms with van der Waals surface area (Å²) >= 11 is 0. The van der Waals surface area contributed by atoms with E-state index in [9.17, 15) is 9.59 Å². The molecule has 5 nitrogen and oxygen atoms in total. The predicted molar refractivity (Wildman–Crippen MR) is 78.9 cm³/mol. The minimum atomic E-state index is -0.706. The average Bonchev–Trinajstić information content (AvgIpc) is 2.47. The van der Waals surface area contributed by atoms with Crippen LogP contribution in [0.15, 0.2) is 29.8 Å². The van der Waals surface area contributed by atoms with Crippen molar-refractivity contribution in [2.24, 2.45) is 0 Å². The third-order valence-electron chi connectivity index (χ3n) is 2.51. The molecule has 21 heavy (non-hydrogen) atoms. The number of esters is 2. The Balaban J connectivity index is 3.18. The molecule has 1 rings (SSSR count). The standard InChI is InChI=1S/C16H20O5/c1-4-19-14-10-8-7-9-12(14)11-13(15(17)20-5-2)16(18)21-6-3/h7-11H,4-6H2,1-3H3. The van der Waals surface area contributed by atoms with Crippen LogP contribution in [0.4, 0.5) is 0 Å². The Morgan fingerprint density at radius 3 is 2.05 bits per heavy atom. The molecule has 5 heteroatoms. The second-order valence-electron chi connectivity index (χ2n) is 3.97. The summed E-state index contributed by atoms with van der Waals surface area (Å²) < 4.78 is 15.3. The number of para-hydroxylation sites is 1. The van der Waals surface area contributed by atoms with E-state index in [4.69, 9.17) is 14.2 Å². The number of carbonyl (C=O) groups excluding carboxylic acids is 2. The number of rotatable bonds is 7. The first-order valence-electron chi connectivity index (χ1n) is 6.91. The van der Waals surface area contributed by atoms with Gasteiger partial charge in [-0.1, -0.05) is 18.2 Å². The molecule has 0 fully saturated rings. The van der Waals surface area contributed by atoms with Crippen molar-refractivity contribution in [2.45, 2.75) is 20.8 Å². The highest BCUT2D eigenvalue weighted by atomic mass is 16.6. The van der Waals surface area contributed by atoms with Crippen LogP contribution in [-0.4, -0.2) is 31.8 Å². The van der Waals surface area contributed by atoms with Gasteiger partial charge >= 0.3 is 11.9 Å². The molecule has 0 aliphatic rings. The molecule has 0 spiro atoms. The SMILES string of the molecule is CCOC(=O)C(=Cc1ccccc1OCC)C(=O)OCC. The van der Waals surface area contributed by atoms with Crippen molar-refractivity contribution in [3.8, 4) is 5.75 Å². The summed E-state index contributed by atoms with van der Waals surface area (Å²) in [6.45, 7) is 6.06. The van der Waals surface area contributed by atoms with E-state index in [0.717, 1.165) is 0 Å². The Morgan fingerprint density at radius 2 is 1.52 bits per heavy atom. The van der Waals surface area contributed by atoms with Crippen LogP contribution in [0.1, 0.15) is 26.3 Å². The van der Waals surface area contributed by atoms with Crippen LogP contribution in [0, 0.1) is 0 Å². The topological polar surface area (TPSA) is 61.8 Å². The Bertz CT molecular complexity index is 499. The molecule has 0 radical (unpaired) electrons. The molecule has 1 aromatic carbocycles. The molecule has 0 aliphatic heterocycles. The fourth-order valence-electron chi connectivity index (χ4n) is 1.66. The molecule has 0 amide bonds. The number of ether oxygens (including phenoxy) is 3. The molecule has 0 aromatic heterocycles. The molecule has 0 saturated carbocycles. The van der Waals surface area contributed by atoms with Crippen molar-refractivity contribution >= 4 is 18.0 Å². The Morgan fingerprint density at radius 1 is 0.952 bits per heavy atom. The van der Waals surface area contributed by atoms with Crippen molar-refractivity contribution in [1.82, 2.24) is 0 Å². The van der Waals surface area contributed by atoms with Crippen LogP contribution in [0.25, 0.3) is 6.08 Å². The van der Waals surface area contributed by atoms with Crippen molar-refractivity contribution in [3.63, 3.8) is 0 Å². The van der Waals surface area contributed by atoms with Gasteiger partial charge in [-0.25, -0.2) is 9.59 Å². The highest BCUT2D eigenvalue weighted by molar-refractivity contribution is 6.17. The van der Waals surface area contributed by atoms with Gasteiger partial charge in [0.25, 0.3) is 0 Å². The van der Waals surface area contributed by atoms with Gasteiger partial charge in [0.15, 0.2) is 0 Å². The molecule has 0 heterocycles. The van der Waals surface area contributed by atoms with Crippen LogP contribution in [-0.2, 0) is 19.1 Å². The zero-order valence-corrected chi connectivity index (χ0v) is 12.5. The molecular weight excluding hydrogens is 272 g/mol. The summed E-state index contributed by atoms with van der Waals surface area (Å²) in [5, 5.41) is 0. The lowest BCUT2D eigenvalue weighted by Crippen LogP contribution is -2.18. The summed E-state index contributed by atoms with van der Waals surface area (Å²) in [5.74, 6) is -0.824. The Hall–Kier alpha value is -2.30. The zero-order valence-electron chi connectivity index (χ0n) is 12.5. The van der Waals surface area contributed by atoms with Gasteiger partial charge in [0, 0.05) is 5.56 Å². The van der Waals surface area contributed by atoms with Gasteiger partial charge < -0.3 is 14.2 Å². The minimum absolute atomic E-state index is 0.147. The van der Waals surface area contributed by atoms with E-state index >= 15 is 0 Å². The highest BCUT2D eigenvalue weighted by Crippen LogP contribution is 2.22. The smallest absolute Gasteiger partial charge is 0.345 e. The molecule has 0 aliphatic carbocycles. The summed E-state index contributed by atoms with van der Waals surface area (Å²) in [5.41, 5.74) is 0.473. The largest absolute Gasteiger partial charge is 0.493 e. The van der Waals surface area contributed by atoms with Crippen molar-refractivity contribution in [2.75, 3.05) is 19.8 Å². The third-order valence-corrected chi connectivity index (χ3v) is 2.51. The number of hydrogen-bond acceptors (Lipinski definition) is 5. The molecule has 0 saturated heterocycles. The van der Waals surface area contributed by atoms with Crippen molar-refractivity contribution in [3.05, 3.63) is 35.4 Å². The van der Waals surface area contributed by atoms with Gasteiger partial charge in [0.2, 0.25) is 0 Å². The van der Waals surface area contributed by atoms with E-state index in [1.54, 1.807) is 32.0 Å². The number of hydrogen-bond donors (Lipinski definition) is 0. The van der Waals surface area contributed by atoms with Crippen molar-refractivity contribution in [1.29, 1.82) is 0 Å². The van der Waals surface area contributed by atoms with Crippen molar-refractivity contribution < 1.29 is 23.8 Å². The van der Waals surface area contributed by atoms with Crippen LogP contribution < -0.4 is 4.74 Å². The number of benzene rings is 1. The second-order valence-corrected chi connectivity index (χ2v) is 3.97. The molecule has 1 aromatic rings. The molecular formula is C16H20O5. The Labute approximate surface area is 124 Å². The van der Waals surface area contributed by atoms with Gasteiger partial charge in [-0.05, 0) is 32.9 Å².